The van der Waals surface area contributed by atoms with Crippen LogP contribution in [0.15, 0.2) is 10.9 Å². The second-order valence-corrected chi connectivity index (χ2v) is 3.80. The van der Waals surface area contributed by atoms with Crippen LogP contribution in [0.25, 0.3) is 0 Å². The Morgan fingerprint density at radius 1 is 1.57 bits per heavy atom. The summed E-state index contributed by atoms with van der Waals surface area (Å²) in [6, 6.07) is 1.62. The fraction of sp³-hybridized carbons (Fsp3) is 0.600. The lowest BCUT2D eigenvalue weighted by molar-refractivity contribution is 0.453. The fourth-order valence-electron chi connectivity index (χ4n) is 1.92. The number of hydrogen-bond donors (Lipinski definition) is 2. The first-order chi connectivity index (χ1) is 6.75. The largest absolute Gasteiger partial charge is 0.316 e. The van der Waals surface area contributed by atoms with Crippen LogP contribution < -0.4 is 10.9 Å². The number of H-pyrrole nitrogens is 1. The number of aromatic amines is 1. The second kappa shape index (κ2) is 3.92. The first kappa shape index (κ1) is 9.40. The standard InChI is InChI=1S/C10H15N3O/c1-7-12-9(5-10(14)13-7)8-3-2-4-11-6-8/h5,8,11H,2-4,6H2,1H3,(H,12,13,14)/t8-/m1/s1. The summed E-state index contributed by atoms with van der Waals surface area (Å²) in [6.45, 7) is 3.84. The third-order valence-electron chi connectivity index (χ3n) is 2.60. The number of nitrogens with one attached hydrogen (secondary N) is 2. The van der Waals surface area contributed by atoms with Crippen molar-refractivity contribution in [3.8, 4) is 0 Å². The van der Waals surface area contributed by atoms with Crippen LogP contribution in [0.3, 0.4) is 0 Å². The van der Waals surface area contributed by atoms with Gasteiger partial charge < -0.3 is 10.3 Å². The molecule has 4 nitrogen and oxygen atoms in total. The molecule has 1 aliphatic rings. The van der Waals surface area contributed by atoms with Crippen molar-refractivity contribution in [3.05, 3.63) is 27.9 Å². The zero-order valence-electron chi connectivity index (χ0n) is 8.34. The van der Waals surface area contributed by atoms with E-state index in [0.717, 1.165) is 31.6 Å². The van der Waals surface area contributed by atoms with Gasteiger partial charge in [0.05, 0.1) is 5.69 Å². The summed E-state index contributed by atoms with van der Waals surface area (Å²) in [4.78, 5) is 18.3. The van der Waals surface area contributed by atoms with Gasteiger partial charge in [-0.25, -0.2) is 4.98 Å². The van der Waals surface area contributed by atoms with Crippen LogP contribution in [0.1, 0.15) is 30.3 Å². The minimum Gasteiger partial charge on any atom is -0.316 e. The number of aryl methyl sites for hydroxylation is 1. The molecule has 1 aliphatic heterocycles. The predicted octanol–water partition coefficient (Wildman–Crippen LogP) is 0.545. The normalized spacial score (nSPS) is 22.2. The minimum absolute atomic E-state index is 0.0435. The zero-order valence-corrected chi connectivity index (χ0v) is 8.34. The number of rotatable bonds is 1. The zero-order chi connectivity index (χ0) is 9.97. The van der Waals surface area contributed by atoms with Crippen molar-refractivity contribution in [2.75, 3.05) is 13.1 Å². The van der Waals surface area contributed by atoms with E-state index in [2.05, 4.69) is 15.3 Å². The van der Waals surface area contributed by atoms with E-state index in [1.807, 2.05) is 6.92 Å². The smallest absolute Gasteiger partial charge is 0.251 e. The highest BCUT2D eigenvalue weighted by Crippen LogP contribution is 2.19. The fourth-order valence-corrected chi connectivity index (χ4v) is 1.92. The van der Waals surface area contributed by atoms with Crippen LogP contribution >= 0.6 is 0 Å². The van der Waals surface area contributed by atoms with Gasteiger partial charge in [0.15, 0.2) is 0 Å². The van der Waals surface area contributed by atoms with E-state index < -0.39 is 0 Å². The SMILES string of the molecule is Cc1nc([C@@H]2CCCNC2)cc(=O)[nH]1. The van der Waals surface area contributed by atoms with Gasteiger partial charge in [0.2, 0.25) is 0 Å². The predicted molar refractivity (Wildman–Crippen MR) is 54.4 cm³/mol. The van der Waals surface area contributed by atoms with Gasteiger partial charge in [-0.05, 0) is 26.3 Å². The molecule has 0 bridgehead atoms. The minimum atomic E-state index is -0.0435. The molecule has 1 aromatic rings. The molecule has 2 N–H and O–H groups in total. The van der Waals surface area contributed by atoms with Crippen LogP contribution in [0.4, 0.5) is 0 Å². The Morgan fingerprint density at radius 3 is 3.07 bits per heavy atom. The van der Waals surface area contributed by atoms with Crippen LogP contribution in [-0.2, 0) is 0 Å². The molecule has 14 heavy (non-hydrogen) atoms. The molecular weight excluding hydrogens is 178 g/mol. The molecular formula is C10H15N3O. The Morgan fingerprint density at radius 2 is 2.43 bits per heavy atom. The third-order valence-corrected chi connectivity index (χ3v) is 2.60. The summed E-state index contributed by atoms with van der Waals surface area (Å²) in [5.74, 6) is 1.11. The highest BCUT2D eigenvalue weighted by Gasteiger charge is 2.16. The van der Waals surface area contributed by atoms with E-state index >= 15 is 0 Å². The van der Waals surface area contributed by atoms with E-state index in [0.29, 0.717) is 11.7 Å². The maximum absolute atomic E-state index is 11.2. The van der Waals surface area contributed by atoms with Crippen molar-refractivity contribution in [1.29, 1.82) is 0 Å². The molecule has 0 radical (unpaired) electrons. The molecule has 1 saturated heterocycles. The van der Waals surface area contributed by atoms with Crippen molar-refractivity contribution < 1.29 is 0 Å². The first-order valence-corrected chi connectivity index (χ1v) is 5.04. The molecule has 1 atom stereocenters. The summed E-state index contributed by atoms with van der Waals surface area (Å²) in [7, 11) is 0. The molecule has 0 unspecified atom stereocenters. The molecule has 2 heterocycles. The lowest BCUT2D eigenvalue weighted by Crippen LogP contribution is -2.29. The summed E-state index contributed by atoms with van der Waals surface area (Å²) in [5.41, 5.74) is 0.886. The molecule has 0 spiro atoms. The van der Waals surface area contributed by atoms with E-state index in [1.165, 1.54) is 0 Å². The molecule has 4 heteroatoms. The molecule has 2 rings (SSSR count). The van der Waals surface area contributed by atoms with Crippen molar-refractivity contribution in [2.24, 2.45) is 0 Å². The Labute approximate surface area is 82.8 Å². The highest BCUT2D eigenvalue weighted by atomic mass is 16.1. The van der Waals surface area contributed by atoms with Crippen molar-refractivity contribution in [3.63, 3.8) is 0 Å². The van der Waals surface area contributed by atoms with Crippen LogP contribution in [-0.4, -0.2) is 23.1 Å². The van der Waals surface area contributed by atoms with Gasteiger partial charge in [-0.2, -0.15) is 0 Å². The van der Waals surface area contributed by atoms with Gasteiger partial charge in [-0.3, -0.25) is 4.79 Å². The van der Waals surface area contributed by atoms with Gasteiger partial charge in [0.1, 0.15) is 5.82 Å². The summed E-state index contributed by atoms with van der Waals surface area (Å²) in [5, 5.41) is 3.32. The molecule has 0 aliphatic carbocycles. The van der Waals surface area contributed by atoms with E-state index in [1.54, 1.807) is 6.07 Å². The molecule has 1 aromatic heterocycles. The lowest BCUT2D eigenvalue weighted by atomic mass is 9.96. The maximum atomic E-state index is 11.2. The topological polar surface area (TPSA) is 57.8 Å². The third kappa shape index (κ3) is 2.01. The van der Waals surface area contributed by atoms with E-state index in [-0.39, 0.29) is 5.56 Å². The first-order valence-electron chi connectivity index (χ1n) is 5.04. The van der Waals surface area contributed by atoms with Gasteiger partial charge in [-0.15, -0.1) is 0 Å². The van der Waals surface area contributed by atoms with Gasteiger partial charge in [0.25, 0.3) is 5.56 Å². The molecule has 0 saturated carbocycles. The summed E-state index contributed by atoms with van der Waals surface area (Å²) in [6.07, 6.45) is 2.29. The quantitative estimate of drug-likeness (QED) is 0.684. The summed E-state index contributed by atoms with van der Waals surface area (Å²) >= 11 is 0. The van der Waals surface area contributed by atoms with Gasteiger partial charge in [-0.1, -0.05) is 0 Å². The van der Waals surface area contributed by atoms with Crippen molar-refractivity contribution in [2.45, 2.75) is 25.7 Å². The van der Waals surface area contributed by atoms with Crippen LogP contribution in [0.2, 0.25) is 0 Å². The lowest BCUT2D eigenvalue weighted by Gasteiger charge is -2.21. The Kier molecular flexibility index (Phi) is 2.63. The number of piperidine rings is 1. The molecule has 0 aromatic carbocycles. The Bertz CT molecular complexity index is 366. The average molecular weight is 193 g/mol. The molecule has 1 fully saturated rings. The van der Waals surface area contributed by atoms with E-state index in [9.17, 15) is 4.79 Å². The summed E-state index contributed by atoms with van der Waals surface area (Å²) < 4.78 is 0. The highest BCUT2D eigenvalue weighted by molar-refractivity contribution is 5.09. The van der Waals surface area contributed by atoms with Crippen molar-refractivity contribution >= 4 is 0 Å². The second-order valence-electron chi connectivity index (χ2n) is 3.80. The van der Waals surface area contributed by atoms with Gasteiger partial charge in [0, 0.05) is 18.5 Å². The number of hydrogen-bond acceptors (Lipinski definition) is 3. The van der Waals surface area contributed by atoms with Crippen molar-refractivity contribution in [1.82, 2.24) is 15.3 Å². The maximum Gasteiger partial charge on any atom is 0.251 e. The van der Waals surface area contributed by atoms with Gasteiger partial charge >= 0.3 is 0 Å². The monoisotopic (exact) mass is 193 g/mol. The molecule has 0 amide bonds. The molecule has 76 valence electrons. The number of aromatic nitrogens is 2. The Hall–Kier alpha value is -1.16. The number of nitrogens with zero attached hydrogens (tertiary/aromatic N) is 1. The van der Waals surface area contributed by atoms with Crippen LogP contribution in [0.5, 0.6) is 0 Å². The average Bonchev–Trinajstić information content (AvgIpc) is 2.18. The Balaban J connectivity index is 2.26. The van der Waals surface area contributed by atoms with E-state index in [4.69, 9.17) is 0 Å². The van der Waals surface area contributed by atoms with Crippen LogP contribution in [0, 0.1) is 6.92 Å².